The normalized spacial score (nSPS) is 12.9. The Kier molecular flexibility index (Phi) is 9.98. The quantitative estimate of drug-likeness (QED) is 0.480. The van der Waals surface area contributed by atoms with Crippen LogP contribution in [0.5, 0.6) is 0 Å². The van der Waals surface area contributed by atoms with Crippen molar-refractivity contribution in [2.45, 2.75) is 38.6 Å². The van der Waals surface area contributed by atoms with Crippen LogP contribution in [0.25, 0.3) is 0 Å². The van der Waals surface area contributed by atoms with Gasteiger partial charge in [0.25, 0.3) is 5.91 Å². The molecule has 9 heteroatoms. The third-order valence-electron chi connectivity index (χ3n) is 5.49. The number of carbonyl (C=O) groups excluding carboxylic acids is 1. The van der Waals surface area contributed by atoms with Gasteiger partial charge in [-0.15, -0.1) is 0 Å². The number of nitrogens with zero attached hydrogens (tertiary/aromatic N) is 2. The van der Waals surface area contributed by atoms with E-state index in [0.29, 0.717) is 24.7 Å². The highest BCUT2D eigenvalue weighted by Crippen LogP contribution is 2.28. The molecule has 0 aromatic heterocycles. The van der Waals surface area contributed by atoms with Crippen LogP contribution in [0.3, 0.4) is 0 Å². The van der Waals surface area contributed by atoms with Crippen molar-refractivity contribution in [2.75, 3.05) is 32.7 Å². The van der Waals surface area contributed by atoms with Gasteiger partial charge in [0.2, 0.25) is 10.0 Å². The first kappa shape index (κ1) is 26.6. The summed E-state index contributed by atoms with van der Waals surface area (Å²) in [4.78, 5) is 15.1. The molecular weight excluding hydrogens is 469 g/mol. The molecule has 6 nitrogen and oxygen atoms in total. The van der Waals surface area contributed by atoms with E-state index in [-0.39, 0.29) is 27.4 Å². The average molecular weight is 500 g/mol. The number of likely N-dealkylation sites (N-methyl/N-ethyl adjacent to an activating group) is 1. The van der Waals surface area contributed by atoms with Crippen molar-refractivity contribution in [3.05, 3.63) is 63.6 Å². The minimum absolute atomic E-state index is 0.0677. The molecule has 0 aliphatic heterocycles. The summed E-state index contributed by atoms with van der Waals surface area (Å²) in [7, 11) is -3.79. The Hall–Kier alpha value is -1.64. The summed E-state index contributed by atoms with van der Waals surface area (Å²) in [5.74, 6) is -0.373. The minimum Gasteiger partial charge on any atom is -0.350 e. The smallest absolute Gasteiger partial charge is 0.251 e. The second kappa shape index (κ2) is 12.0. The molecule has 0 bridgehead atoms. The molecule has 0 unspecified atom stereocenters. The van der Waals surface area contributed by atoms with Gasteiger partial charge in [0.1, 0.15) is 4.90 Å². The molecule has 0 aliphatic rings. The Bertz CT molecular complexity index is 1020. The number of carbonyl (C=O) groups is 1. The van der Waals surface area contributed by atoms with Crippen molar-refractivity contribution in [3.63, 3.8) is 0 Å². The third kappa shape index (κ3) is 6.02. The number of halogens is 2. The number of nitrogens with one attached hydrogen (secondary N) is 1. The molecule has 0 aliphatic carbocycles. The van der Waals surface area contributed by atoms with Gasteiger partial charge in [-0.3, -0.25) is 9.69 Å². The lowest BCUT2D eigenvalue weighted by molar-refractivity contribution is 0.0934. The Morgan fingerprint density at radius 1 is 0.938 bits per heavy atom. The van der Waals surface area contributed by atoms with E-state index >= 15 is 0 Å². The molecule has 32 heavy (non-hydrogen) atoms. The predicted octanol–water partition coefficient (Wildman–Crippen LogP) is 4.84. The first-order valence-electron chi connectivity index (χ1n) is 10.8. The van der Waals surface area contributed by atoms with Crippen molar-refractivity contribution in [2.24, 2.45) is 0 Å². The molecule has 0 fully saturated rings. The summed E-state index contributed by atoms with van der Waals surface area (Å²) in [6.45, 7) is 10.2. The van der Waals surface area contributed by atoms with Crippen LogP contribution in [0.1, 0.15) is 49.7 Å². The standard InChI is InChI=1S/C23H31Cl2N3O3S/c1-5-27(6-2)21(18-11-9-10-12-19(18)24)16-26-23(29)17-13-14-20(25)22(15-17)32(30,31)28(7-3)8-4/h9-15,21H,5-8,16H2,1-4H3,(H,26,29)/t21-/m1/s1. The van der Waals surface area contributed by atoms with Crippen LogP contribution in [-0.2, 0) is 10.0 Å². The summed E-state index contributed by atoms with van der Waals surface area (Å²) in [6, 6.07) is 11.8. The Labute approximate surface area is 201 Å². The number of sulfonamides is 1. The van der Waals surface area contributed by atoms with E-state index < -0.39 is 10.0 Å². The van der Waals surface area contributed by atoms with Crippen molar-refractivity contribution >= 4 is 39.1 Å². The van der Waals surface area contributed by atoms with Crippen LogP contribution in [-0.4, -0.2) is 56.3 Å². The first-order chi connectivity index (χ1) is 15.2. The maximum atomic E-state index is 12.9. The molecule has 2 aromatic rings. The fraction of sp³-hybridized carbons (Fsp3) is 0.435. The van der Waals surface area contributed by atoms with Gasteiger partial charge in [-0.2, -0.15) is 4.31 Å². The largest absolute Gasteiger partial charge is 0.350 e. The molecule has 0 heterocycles. The van der Waals surface area contributed by atoms with E-state index in [4.69, 9.17) is 23.2 Å². The Balaban J connectivity index is 2.31. The van der Waals surface area contributed by atoms with Crippen LogP contribution in [0.15, 0.2) is 47.4 Å². The van der Waals surface area contributed by atoms with Gasteiger partial charge in [0.15, 0.2) is 0 Å². The molecule has 0 saturated heterocycles. The maximum Gasteiger partial charge on any atom is 0.251 e. The molecular formula is C23H31Cl2N3O3S. The molecule has 1 N–H and O–H groups in total. The molecule has 2 aromatic carbocycles. The fourth-order valence-corrected chi connectivity index (χ4v) is 5.90. The van der Waals surface area contributed by atoms with Crippen molar-refractivity contribution in [3.8, 4) is 0 Å². The van der Waals surface area contributed by atoms with Gasteiger partial charge < -0.3 is 5.32 Å². The molecule has 0 saturated carbocycles. The van der Waals surface area contributed by atoms with Crippen molar-refractivity contribution < 1.29 is 13.2 Å². The summed E-state index contributed by atoms with van der Waals surface area (Å²) in [5, 5.41) is 3.66. The lowest BCUT2D eigenvalue weighted by Crippen LogP contribution is -2.38. The molecule has 0 spiro atoms. The zero-order chi connectivity index (χ0) is 23.9. The summed E-state index contributed by atoms with van der Waals surface area (Å²) < 4.78 is 27.2. The van der Waals surface area contributed by atoms with E-state index in [1.807, 2.05) is 24.3 Å². The number of amides is 1. The van der Waals surface area contributed by atoms with Crippen LogP contribution < -0.4 is 5.32 Å². The zero-order valence-electron chi connectivity index (χ0n) is 18.9. The Morgan fingerprint density at radius 2 is 1.56 bits per heavy atom. The topological polar surface area (TPSA) is 69.7 Å². The second-order valence-electron chi connectivity index (χ2n) is 7.20. The van der Waals surface area contributed by atoms with Crippen LogP contribution >= 0.6 is 23.2 Å². The van der Waals surface area contributed by atoms with E-state index in [0.717, 1.165) is 18.7 Å². The average Bonchev–Trinajstić information content (AvgIpc) is 2.78. The van der Waals surface area contributed by atoms with E-state index in [1.54, 1.807) is 13.8 Å². The van der Waals surface area contributed by atoms with Gasteiger partial charge in [-0.25, -0.2) is 8.42 Å². The highest BCUT2D eigenvalue weighted by atomic mass is 35.5. The molecule has 176 valence electrons. The van der Waals surface area contributed by atoms with Gasteiger partial charge in [0, 0.05) is 30.2 Å². The molecule has 2 rings (SSSR count). The lowest BCUT2D eigenvalue weighted by atomic mass is 10.0. The van der Waals surface area contributed by atoms with Gasteiger partial charge in [-0.1, -0.05) is 69.1 Å². The second-order valence-corrected chi connectivity index (χ2v) is 9.92. The van der Waals surface area contributed by atoms with Crippen LogP contribution in [0.4, 0.5) is 0 Å². The summed E-state index contributed by atoms with van der Waals surface area (Å²) in [5.41, 5.74) is 1.16. The third-order valence-corrected chi connectivity index (χ3v) is 8.37. The van der Waals surface area contributed by atoms with E-state index in [1.165, 1.54) is 22.5 Å². The van der Waals surface area contributed by atoms with Gasteiger partial charge >= 0.3 is 0 Å². The number of rotatable bonds is 11. The fourth-order valence-electron chi connectivity index (χ4n) is 3.68. The highest BCUT2D eigenvalue weighted by molar-refractivity contribution is 7.89. The lowest BCUT2D eigenvalue weighted by Gasteiger charge is -2.31. The molecule has 1 atom stereocenters. The summed E-state index contributed by atoms with van der Waals surface area (Å²) >= 11 is 12.6. The zero-order valence-corrected chi connectivity index (χ0v) is 21.3. The van der Waals surface area contributed by atoms with Crippen LogP contribution in [0.2, 0.25) is 10.0 Å². The maximum absolute atomic E-state index is 12.9. The number of hydrogen-bond acceptors (Lipinski definition) is 4. The molecule has 0 radical (unpaired) electrons. The Morgan fingerprint density at radius 3 is 2.12 bits per heavy atom. The van der Waals surface area contributed by atoms with Crippen molar-refractivity contribution in [1.29, 1.82) is 0 Å². The first-order valence-corrected chi connectivity index (χ1v) is 13.0. The van der Waals surface area contributed by atoms with E-state index in [2.05, 4.69) is 24.1 Å². The monoisotopic (exact) mass is 499 g/mol. The molecule has 1 amide bonds. The minimum atomic E-state index is -3.79. The predicted molar refractivity (Wildman–Crippen MR) is 131 cm³/mol. The number of benzene rings is 2. The SMILES string of the molecule is CCN(CC)[C@H](CNC(=O)c1ccc(Cl)c(S(=O)(=O)N(CC)CC)c1)c1ccccc1Cl. The number of hydrogen-bond donors (Lipinski definition) is 1. The highest BCUT2D eigenvalue weighted by Gasteiger charge is 2.26. The van der Waals surface area contributed by atoms with Gasteiger partial charge in [0.05, 0.1) is 11.1 Å². The summed E-state index contributed by atoms with van der Waals surface area (Å²) in [6.07, 6.45) is 0. The van der Waals surface area contributed by atoms with Gasteiger partial charge in [-0.05, 0) is 42.9 Å². The van der Waals surface area contributed by atoms with E-state index in [9.17, 15) is 13.2 Å². The van der Waals surface area contributed by atoms with Crippen LogP contribution in [0, 0.1) is 0 Å². The van der Waals surface area contributed by atoms with Crippen molar-refractivity contribution in [1.82, 2.24) is 14.5 Å².